The molecule has 1 atom stereocenters. The molecule has 0 aromatic carbocycles. The zero-order valence-corrected chi connectivity index (χ0v) is 7.76. The Labute approximate surface area is 70.9 Å². The highest BCUT2D eigenvalue weighted by Crippen LogP contribution is 2.07. The largest absolute Gasteiger partial charge is 0.374 e. The Hall–Kier alpha value is -0.305. The lowest BCUT2D eigenvalue weighted by Gasteiger charge is -2.13. The number of ketones is 1. The van der Waals surface area contributed by atoms with Crippen LogP contribution in [0.4, 0.5) is 0 Å². The molecule has 11 heavy (non-hydrogen) atoms. The number of hydrogen-bond donors (Lipinski definition) is 0. The van der Waals surface area contributed by atoms with Crippen molar-refractivity contribution in [1.29, 1.82) is 0 Å². The first-order valence-corrected chi connectivity index (χ1v) is 3.61. The van der Waals surface area contributed by atoms with Crippen LogP contribution >= 0.6 is 0 Å². The van der Waals surface area contributed by atoms with Gasteiger partial charge in [0.2, 0.25) is 0 Å². The summed E-state index contributed by atoms with van der Waals surface area (Å²) in [5.74, 6) is 0.644. The van der Waals surface area contributed by atoms with E-state index in [0.717, 1.165) is 6.42 Å². The Balaban J connectivity index is 0. The van der Waals surface area contributed by atoms with Crippen LogP contribution in [0.5, 0.6) is 0 Å². The van der Waals surface area contributed by atoms with Crippen LogP contribution in [0.3, 0.4) is 0 Å². The Morgan fingerprint density at radius 3 is 2.00 bits per heavy atom. The van der Waals surface area contributed by atoms with Crippen LogP contribution in [-0.2, 0) is 9.53 Å². The third kappa shape index (κ3) is 6.11. The lowest BCUT2D eigenvalue weighted by atomic mass is 10.0. The smallest absolute Gasteiger partial charge is 0.158 e. The third-order valence-corrected chi connectivity index (χ3v) is 1.42. The molecule has 0 saturated carbocycles. The Kier molecular flexibility index (Phi) is 7.75. The summed E-state index contributed by atoms with van der Waals surface area (Å²) in [6, 6.07) is 0. The minimum absolute atomic E-state index is 0. The molecular weight excluding hydrogens is 139 g/mol. The van der Waals surface area contributed by atoms with Crippen LogP contribution in [0.1, 0.15) is 27.2 Å². The average Bonchev–Trinajstić information content (AvgIpc) is 1.81. The fourth-order valence-corrected chi connectivity index (χ4v) is 0.856. The van der Waals surface area contributed by atoms with E-state index in [9.17, 15) is 4.79 Å². The predicted molar refractivity (Wildman–Crippen MR) is 46.7 cm³/mol. The quantitative estimate of drug-likeness (QED) is 0.571. The van der Waals surface area contributed by atoms with E-state index in [1.165, 1.54) is 0 Å². The summed E-state index contributed by atoms with van der Waals surface area (Å²) in [4.78, 5) is 10.8. The van der Waals surface area contributed by atoms with E-state index in [-0.39, 0.29) is 20.3 Å². The Bertz CT molecular complexity index is 113. The summed E-state index contributed by atoms with van der Waals surface area (Å²) in [5, 5.41) is 0. The van der Waals surface area contributed by atoms with E-state index in [4.69, 9.17) is 4.74 Å². The standard InChI is InChI=1S/C8H16O2.B/c1-6(2)5-8(10-4)7(3)9;/h6,8H,5H2,1-4H3;. The monoisotopic (exact) mass is 155 g/mol. The van der Waals surface area contributed by atoms with Gasteiger partial charge in [0.15, 0.2) is 5.78 Å². The fraction of sp³-hybridized carbons (Fsp3) is 0.875. The molecule has 1 unspecified atom stereocenters. The van der Waals surface area contributed by atoms with Crippen molar-refractivity contribution in [3.8, 4) is 0 Å². The summed E-state index contributed by atoms with van der Waals surface area (Å²) >= 11 is 0. The maximum absolute atomic E-state index is 10.8. The number of carbonyl (C=O) groups excluding carboxylic acids is 1. The topological polar surface area (TPSA) is 26.3 Å². The van der Waals surface area contributed by atoms with E-state index in [2.05, 4.69) is 13.8 Å². The Morgan fingerprint density at radius 2 is 1.91 bits per heavy atom. The van der Waals surface area contributed by atoms with Crippen molar-refractivity contribution in [2.75, 3.05) is 7.11 Å². The molecule has 0 amide bonds. The van der Waals surface area contributed by atoms with Crippen molar-refractivity contribution in [2.45, 2.75) is 33.3 Å². The SMILES string of the molecule is COC(CC(C)C)C(C)=O.[B]. The number of Topliss-reactive ketones (excluding diaryl/α,β-unsaturated/α-hetero) is 1. The zero-order valence-electron chi connectivity index (χ0n) is 7.76. The van der Waals surface area contributed by atoms with Crippen molar-refractivity contribution >= 4 is 14.2 Å². The van der Waals surface area contributed by atoms with Crippen molar-refractivity contribution in [3.05, 3.63) is 0 Å². The molecular formula is C8H16BO2. The van der Waals surface area contributed by atoms with Gasteiger partial charge in [0.05, 0.1) is 0 Å². The van der Waals surface area contributed by atoms with Crippen molar-refractivity contribution in [3.63, 3.8) is 0 Å². The summed E-state index contributed by atoms with van der Waals surface area (Å²) in [6.07, 6.45) is 0.631. The van der Waals surface area contributed by atoms with Gasteiger partial charge in [-0.2, -0.15) is 0 Å². The van der Waals surface area contributed by atoms with Crippen LogP contribution in [0, 0.1) is 5.92 Å². The van der Waals surface area contributed by atoms with E-state index in [1.54, 1.807) is 14.0 Å². The van der Waals surface area contributed by atoms with Gasteiger partial charge in [-0.25, -0.2) is 0 Å². The van der Waals surface area contributed by atoms with Crippen LogP contribution in [-0.4, -0.2) is 27.4 Å². The molecule has 0 saturated heterocycles. The van der Waals surface area contributed by atoms with Crippen molar-refractivity contribution in [1.82, 2.24) is 0 Å². The fourth-order valence-electron chi connectivity index (χ4n) is 0.856. The first-order valence-electron chi connectivity index (χ1n) is 3.61. The minimum atomic E-state index is -0.194. The molecule has 3 heteroatoms. The molecule has 0 fully saturated rings. The lowest BCUT2D eigenvalue weighted by Crippen LogP contribution is -2.21. The molecule has 0 spiro atoms. The average molecular weight is 155 g/mol. The highest BCUT2D eigenvalue weighted by Gasteiger charge is 2.13. The number of carbonyl (C=O) groups is 1. The van der Waals surface area contributed by atoms with Crippen LogP contribution < -0.4 is 0 Å². The van der Waals surface area contributed by atoms with Gasteiger partial charge in [0.1, 0.15) is 6.10 Å². The molecule has 0 N–H and O–H groups in total. The highest BCUT2D eigenvalue weighted by atomic mass is 16.5. The van der Waals surface area contributed by atoms with Gasteiger partial charge >= 0.3 is 0 Å². The second-order valence-corrected chi connectivity index (χ2v) is 2.96. The molecule has 0 aromatic heterocycles. The van der Waals surface area contributed by atoms with Gasteiger partial charge in [-0.1, -0.05) is 13.8 Å². The van der Waals surface area contributed by atoms with Gasteiger partial charge in [0, 0.05) is 15.5 Å². The zero-order chi connectivity index (χ0) is 8.15. The van der Waals surface area contributed by atoms with Crippen molar-refractivity contribution < 1.29 is 9.53 Å². The lowest BCUT2D eigenvalue weighted by molar-refractivity contribution is -0.127. The second-order valence-electron chi connectivity index (χ2n) is 2.96. The van der Waals surface area contributed by atoms with Crippen LogP contribution in [0.2, 0.25) is 0 Å². The second kappa shape index (κ2) is 6.41. The molecule has 0 aromatic rings. The van der Waals surface area contributed by atoms with E-state index in [0.29, 0.717) is 5.92 Å². The molecule has 0 bridgehead atoms. The first kappa shape index (κ1) is 13.3. The first-order chi connectivity index (χ1) is 4.57. The predicted octanol–water partition coefficient (Wildman–Crippen LogP) is 1.26. The maximum Gasteiger partial charge on any atom is 0.158 e. The molecule has 0 heterocycles. The molecule has 2 nitrogen and oxygen atoms in total. The molecule has 0 aliphatic heterocycles. The van der Waals surface area contributed by atoms with E-state index < -0.39 is 0 Å². The maximum atomic E-state index is 10.8. The summed E-state index contributed by atoms with van der Waals surface area (Å²) in [6.45, 7) is 5.72. The van der Waals surface area contributed by atoms with Crippen molar-refractivity contribution in [2.24, 2.45) is 5.92 Å². The van der Waals surface area contributed by atoms with Gasteiger partial charge in [-0.05, 0) is 19.3 Å². The number of ether oxygens (including phenoxy) is 1. The number of hydrogen-bond acceptors (Lipinski definition) is 2. The molecule has 0 aliphatic carbocycles. The van der Waals surface area contributed by atoms with E-state index >= 15 is 0 Å². The molecule has 3 radical (unpaired) electrons. The minimum Gasteiger partial charge on any atom is -0.374 e. The van der Waals surface area contributed by atoms with Gasteiger partial charge < -0.3 is 4.74 Å². The number of rotatable bonds is 4. The molecule has 0 aliphatic rings. The summed E-state index contributed by atoms with van der Waals surface area (Å²) in [5.41, 5.74) is 0. The summed E-state index contributed by atoms with van der Waals surface area (Å²) in [7, 11) is 1.58. The molecule has 63 valence electrons. The van der Waals surface area contributed by atoms with Crippen LogP contribution in [0.15, 0.2) is 0 Å². The van der Waals surface area contributed by atoms with Gasteiger partial charge in [-0.3, -0.25) is 4.79 Å². The highest BCUT2D eigenvalue weighted by molar-refractivity contribution is 5.80. The molecule has 0 rings (SSSR count). The Morgan fingerprint density at radius 1 is 1.45 bits per heavy atom. The van der Waals surface area contributed by atoms with Crippen LogP contribution in [0.25, 0.3) is 0 Å². The third-order valence-electron chi connectivity index (χ3n) is 1.42. The van der Waals surface area contributed by atoms with Gasteiger partial charge in [0.25, 0.3) is 0 Å². The summed E-state index contributed by atoms with van der Waals surface area (Å²) < 4.78 is 4.97. The number of methoxy groups -OCH3 is 1. The van der Waals surface area contributed by atoms with E-state index in [1.807, 2.05) is 0 Å². The van der Waals surface area contributed by atoms with Gasteiger partial charge in [-0.15, -0.1) is 0 Å². The normalized spacial score (nSPS) is 12.5.